The van der Waals surface area contributed by atoms with Crippen LogP contribution in [0.25, 0.3) is 0 Å². The molecule has 2 aromatic heterocycles. The van der Waals surface area contributed by atoms with Crippen molar-refractivity contribution in [3.05, 3.63) is 45.0 Å². The number of carboxylic acids is 1. The molecule has 0 aliphatic carbocycles. The van der Waals surface area contributed by atoms with Gasteiger partial charge in [-0.15, -0.1) is 11.3 Å². The molecule has 0 saturated carbocycles. The summed E-state index contributed by atoms with van der Waals surface area (Å²) in [5.41, 5.74) is -0.484. The van der Waals surface area contributed by atoms with Crippen molar-refractivity contribution in [3.8, 4) is 0 Å². The van der Waals surface area contributed by atoms with Crippen molar-refractivity contribution in [1.29, 1.82) is 0 Å². The number of carbonyl (C=O) groups is 2. The van der Waals surface area contributed by atoms with Crippen LogP contribution < -0.4 is 11.0 Å². The summed E-state index contributed by atoms with van der Waals surface area (Å²) in [4.78, 5) is 41.1. The van der Waals surface area contributed by atoms with Crippen LogP contribution in [0.15, 0.2) is 28.6 Å². The van der Waals surface area contributed by atoms with Gasteiger partial charge in [0, 0.05) is 30.7 Å². The molecular formula is C12H12N4O4S. The molecule has 8 nitrogen and oxygen atoms in total. The summed E-state index contributed by atoms with van der Waals surface area (Å²) in [5, 5.41) is 13.5. The highest BCUT2D eigenvalue weighted by Crippen LogP contribution is 2.09. The number of amides is 1. The maximum absolute atomic E-state index is 11.7. The van der Waals surface area contributed by atoms with E-state index in [9.17, 15) is 14.4 Å². The second-order valence-electron chi connectivity index (χ2n) is 4.06. The number of carbonyl (C=O) groups excluding carboxylic acids is 1. The number of thiazole rings is 1. The van der Waals surface area contributed by atoms with Crippen LogP contribution in [0.5, 0.6) is 0 Å². The molecular weight excluding hydrogens is 296 g/mol. The number of nitrogens with zero attached hydrogens (tertiary/aromatic N) is 3. The van der Waals surface area contributed by atoms with Gasteiger partial charge in [0.25, 0.3) is 0 Å². The number of aromatic nitrogens is 3. The van der Waals surface area contributed by atoms with Crippen LogP contribution >= 0.6 is 11.3 Å². The summed E-state index contributed by atoms with van der Waals surface area (Å²) in [6, 6.07) is 1.57. The van der Waals surface area contributed by atoms with Crippen molar-refractivity contribution < 1.29 is 14.7 Å². The van der Waals surface area contributed by atoms with E-state index in [-0.39, 0.29) is 18.1 Å². The van der Waals surface area contributed by atoms with Gasteiger partial charge in [0.05, 0.1) is 5.01 Å². The van der Waals surface area contributed by atoms with Crippen LogP contribution in [0, 0.1) is 0 Å². The summed E-state index contributed by atoms with van der Waals surface area (Å²) in [5.74, 6) is -1.39. The lowest BCUT2D eigenvalue weighted by atomic mass is 10.4. The van der Waals surface area contributed by atoms with E-state index in [1.807, 2.05) is 0 Å². The number of hydrogen-bond donors (Lipinski definition) is 2. The minimum atomic E-state index is -1.07. The molecule has 0 radical (unpaired) electrons. The van der Waals surface area contributed by atoms with Gasteiger partial charge in [0.15, 0.2) is 5.69 Å². The molecule has 0 aliphatic heterocycles. The van der Waals surface area contributed by atoms with Crippen LogP contribution in [-0.4, -0.2) is 38.1 Å². The fourth-order valence-corrected chi connectivity index (χ4v) is 2.32. The van der Waals surface area contributed by atoms with Gasteiger partial charge in [-0.3, -0.25) is 9.36 Å². The summed E-state index contributed by atoms with van der Waals surface area (Å²) in [7, 11) is 0. The van der Waals surface area contributed by atoms with Crippen LogP contribution in [0.4, 0.5) is 0 Å². The fourth-order valence-electron chi connectivity index (χ4n) is 1.55. The average Bonchev–Trinajstić information content (AvgIpc) is 2.90. The maximum Gasteiger partial charge on any atom is 0.355 e. The molecule has 2 heterocycles. The lowest BCUT2D eigenvalue weighted by Crippen LogP contribution is -2.33. The molecule has 0 spiro atoms. The smallest absolute Gasteiger partial charge is 0.355 e. The van der Waals surface area contributed by atoms with E-state index in [1.165, 1.54) is 33.7 Å². The molecule has 0 atom stereocenters. The summed E-state index contributed by atoms with van der Waals surface area (Å²) >= 11 is 1.23. The minimum Gasteiger partial charge on any atom is -0.476 e. The van der Waals surface area contributed by atoms with E-state index in [0.29, 0.717) is 18.0 Å². The first-order chi connectivity index (χ1) is 10.1. The Balaban J connectivity index is 1.80. The third-order valence-corrected chi connectivity index (χ3v) is 3.44. The number of rotatable bonds is 6. The van der Waals surface area contributed by atoms with Gasteiger partial charge in [0.2, 0.25) is 5.91 Å². The molecule has 0 aliphatic rings. The molecule has 110 valence electrons. The molecule has 2 aromatic rings. The molecule has 2 N–H and O–H groups in total. The SMILES string of the molecule is O=C(Cn1cccnc1=O)NCCc1nc(C(=O)O)cs1. The van der Waals surface area contributed by atoms with Crippen molar-refractivity contribution in [1.82, 2.24) is 19.9 Å². The van der Waals surface area contributed by atoms with E-state index >= 15 is 0 Å². The Morgan fingerprint density at radius 2 is 2.24 bits per heavy atom. The largest absolute Gasteiger partial charge is 0.476 e. The van der Waals surface area contributed by atoms with Gasteiger partial charge in [-0.05, 0) is 6.07 Å². The van der Waals surface area contributed by atoms with Crippen molar-refractivity contribution in [3.63, 3.8) is 0 Å². The van der Waals surface area contributed by atoms with Gasteiger partial charge >= 0.3 is 11.7 Å². The quantitative estimate of drug-likeness (QED) is 0.761. The van der Waals surface area contributed by atoms with Crippen molar-refractivity contribution in [2.45, 2.75) is 13.0 Å². The highest BCUT2D eigenvalue weighted by Gasteiger charge is 2.09. The molecule has 0 fully saturated rings. The highest BCUT2D eigenvalue weighted by atomic mass is 32.1. The zero-order chi connectivity index (χ0) is 15.2. The first-order valence-electron chi connectivity index (χ1n) is 6.02. The molecule has 2 rings (SSSR count). The average molecular weight is 308 g/mol. The first-order valence-corrected chi connectivity index (χ1v) is 6.90. The van der Waals surface area contributed by atoms with E-state index in [4.69, 9.17) is 5.11 Å². The van der Waals surface area contributed by atoms with Crippen LogP contribution in [-0.2, 0) is 17.8 Å². The lowest BCUT2D eigenvalue weighted by molar-refractivity contribution is -0.121. The monoisotopic (exact) mass is 308 g/mol. The van der Waals surface area contributed by atoms with Crippen LogP contribution in [0.2, 0.25) is 0 Å². The third-order valence-electron chi connectivity index (χ3n) is 2.53. The van der Waals surface area contributed by atoms with E-state index in [0.717, 1.165) is 0 Å². The Kier molecular flexibility index (Phi) is 4.77. The van der Waals surface area contributed by atoms with Crippen molar-refractivity contribution in [2.75, 3.05) is 6.54 Å². The summed E-state index contributed by atoms with van der Waals surface area (Å²) < 4.78 is 1.20. The van der Waals surface area contributed by atoms with Gasteiger partial charge < -0.3 is 10.4 Å². The highest BCUT2D eigenvalue weighted by molar-refractivity contribution is 7.09. The van der Waals surface area contributed by atoms with Crippen LogP contribution in [0.1, 0.15) is 15.5 Å². The zero-order valence-electron chi connectivity index (χ0n) is 10.9. The number of nitrogens with one attached hydrogen (secondary N) is 1. The molecule has 9 heteroatoms. The number of aromatic carboxylic acids is 1. The Hall–Kier alpha value is -2.55. The van der Waals surface area contributed by atoms with E-state index in [2.05, 4.69) is 15.3 Å². The van der Waals surface area contributed by atoms with Gasteiger partial charge in [-0.1, -0.05) is 0 Å². The predicted molar refractivity (Wildman–Crippen MR) is 74.3 cm³/mol. The first kappa shape index (κ1) is 14.9. The number of carboxylic acid groups (broad SMARTS) is 1. The van der Waals surface area contributed by atoms with E-state index < -0.39 is 11.7 Å². The Labute approximate surface area is 123 Å². The van der Waals surface area contributed by atoms with Crippen LogP contribution in [0.3, 0.4) is 0 Å². The lowest BCUT2D eigenvalue weighted by Gasteiger charge is -2.05. The van der Waals surface area contributed by atoms with Crippen molar-refractivity contribution in [2.24, 2.45) is 0 Å². The number of hydrogen-bond acceptors (Lipinski definition) is 6. The molecule has 0 saturated heterocycles. The fraction of sp³-hybridized carbons (Fsp3) is 0.250. The summed E-state index contributed by atoms with van der Waals surface area (Å²) in [6.45, 7) is 0.214. The van der Waals surface area contributed by atoms with Gasteiger partial charge in [-0.2, -0.15) is 0 Å². The predicted octanol–water partition coefficient (Wildman–Crippen LogP) is -0.243. The molecule has 0 unspecified atom stereocenters. The van der Waals surface area contributed by atoms with E-state index in [1.54, 1.807) is 6.07 Å². The topological polar surface area (TPSA) is 114 Å². The normalized spacial score (nSPS) is 10.3. The Bertz CT molecular complexity index is 709. The molecule has 0 bridgehead atoms. The Morgan fingerprint density at radius 3 is 2.90 bits per heavy atom. The van der Waals surface area contributed by atoms with Gasteiger partial charge in [0.1, 0.15) is 6.54 Å². The van der Waals surface area contributed by atoms with Crippen molar-refractivity contribution >= 4 is 23.2 Å². The second-order valence-corrected chi connectivity index (χ2v) is 5.00. The second kappa shape index (κ2) is 6.75. The third kappa shape index (κ3) is 4.21. The molecule has 0 aromatic carbocycles. The standard InChI is InChI=1S/C12H12N4O4S/c17-9(6-16-5-1-3-14-12(16)20)13-4-2-10-15-8(7-21-10)11(18)19/h1,3,5,7H,2,4,6H2,(H,13,17)(H,18,19). The zero-order valence-corrected chi connectivity index (χ0v) is 11.7. The summed E-state index contributed by atoms with van der Waals surface area (Å²) in [6.07, 6.45) is 3.28. The minimum absolute atomic E-state index is 0.00300. The maximum atomic E-state index is 11.7. The molecule has 21 heavy (non-hydrogen) atoms. The molecule has 1 amide bonds. The van der Waals surface area contributed by atoms with Gasteiger partial charge in [-0.25, -0.2) is 19.6 Å². The Morgan fingerprint density at radius 1 is 1.43 bits per heavy atom.